The molecule has 0 radical (unpaired) electrons. The summed E-state index contributed by atoms with van der Waals surface area (Å²) >= 11 is 0. The van der Waals surface area contributed by atoms with E-state index >= 15 is 0 Å². The molecule has 1 unspecified atom stereocenters. The molecule has 0 bridgehead atoms. The molecule has 2 rings (SSSR count). The van der Waals surface area contributed by atoms with Crippen molar-refractivity contribution in [2.24, 2.45) is 0 Å². The zero-order valence-electron chi connectivity index (χ0n) is 15.3. The molecule has 5 heteroatoms. The average molecular weight is 357 g/mol. The van der Waals surface area contributed by atoms with Crippen LogP contribution in [0.2, 0.25) is 0 Å². The first-order chi connectivity index (χ1) is 12.5. The summed E-state index contributed by atoms with van der Waals surface area (Å²) in [5.41, 5.74) is 1.68. The van der Waals surface area contributed by atoms with E-state index in [-0.39, 0.29) is 17.8 Å². The minimum Gasteiger partial charge on any atom is -0.490 e. The third-order valence-corrected chi connectivity index (χ3v) is 3.72. The van der Waals surface area contributed by atoms with Gasteiger partial charge in [-0.3, -0.25) is 4.79 Å². The van der Waals surface area contributed by atoms with Crippen molar-refractivity contribution in [1.29, 1.82) is 0 Å². The second kappa shape index (κ2) is 9.61. The van der Waals surface area contributed by atoms with Crippen LogP contribution in [0, 0.1) is 5.82 Å². The van der Waals surface area contributed by atoms with Gasteiger partial charge in [0.2, 0.25) is 5.91 Å². The highest BCUT2D eigenvalue weighted by Gasteiger charge is 2.12. The molecule has 1 atom stereocenters. The van der Waals surface area contributed by atoms with Gasteiger partial charge in [0.05, 0.1) is 19.3 Å². The van der Waals surface area contributed by atoms with E-state index in [2.05, 4.69) is 5.32 Å². The van der Waals surface area contributed by atoms with Crippen molar-refractivity contribution in [3.63, 3.8) is 0 Å². The summed E-state index contributed by atoms with van der Waals surface area (Å²) in [5, 5.41) is 2.90. The minimum absolute atomic E-state index is 0.199. The van der Waals surface area contributed by atoms with Crippen LogP contribution in [-0.2, 0) is 4.79 Å². The fourth-order valence-electron chi connectivity index (χ4n) is 2.43. The number of carbonyl (C=O) groups is 1. The average Bonchev–Trinajstić information content (AvgIpc) is 2.63. The quantitative estimate of drug-likeness (QED) is 0.707. The number of carbonyl (C=O) groups excluding carboxylic acids is 1. The molecule has 2 aromatic rings. The van der Waals surface area contributed by atoms with Crippen LogP contribution in [0.3, 0.4) is 0 Å². The second-order valence-corrected chi connectivity index (χ2v) is 5.69. The minimum atomic E-state index is -0.305. The van der Waals surface area contributed by atoms with Crippen LogP contribution in [-0.4, -0.2) is 19.1 Å². The Balaban J connectivity index is 2.03. The fraction of sp³-hybridized carbons (Fsp3) is 0.286. The monoisotopic (exact) mass is 357 g/mol. The van der Waals surface area contributed by atoms with E-state index in [4.69, 9.17) is 9.47 Å². The SMILES string of the molecule is CCOc1ccc(C(C)NC(=O)/C=C/c2ccc(F)cc2)cc1OCC. The summed E-state index contributed by atoms with van der Waals surface area (Å²) in [6, 6.07) is 11.4. The molecule has 0 fully saturated rings. The van der Waals surface area contributed by atoms with Crippen molar-refractivity contribution in [2.75, 3.05) is 13.2 Å². The maximum Gasteiger partial charge on any atom is 0.244 e. The van der Waals surface area contributed by atoms with E-state index in [9.17, 15) is 9.18 Å². The molecule has 4 nitrogen and oxygen atoms in total. The number of hydrogen-bond acceptors (Lipinski definition) is 3. The predicted molar refractivity (Wildman–Crippen MR) is 101 cm³/mol. The lowest BCUT2D eigenvalue weighted by Gasteiger charge is -2.17. The lowest BCUT2D eigenvalue weighted by Crippen LogP contribution is -2.24. The number of benzene rings is 2. The van der Waals surface area contributed by atoms with E-state index in [1.807, 2.05) is 39.0 Å². The van der Waals surface area contributed by atoms with Crippen molar-refractivity contribution < 1.29 is 18.7 Å². The van der Waals surface area contributed by atoms with Gasteiger partial charge in [0.25, 0.3) is 0 Å². The van der Waals surface area contributed by atoms with E-state index in [1.54, 1.807) is 18.2 Å². The summed E-state index contributed by atoms with van der Waals surface area (Å²) in [5.74, 6) is 0.817. The molecule has 0 heterocycles. The molecular formula is C21H24FNO3. The number of amides is 1. The van der Waals surface area contributed by atoms with Crippen molar-refractivity contribution in [3.8, 4) is 11.5 Å². The normalized spacial score (nSPS) is 12.0. The van der Waals surface area contributed by atoms with Gasteiger partial charge in [-0.05, 0) is 62.2 Å². The van der Waals surface area contributed by atoms with Crippen LogP contribution in [0.1, 0.15) is 37.9 Å². The molecule has 2 aromatic carbocycles. The molecule has 138 valence electrons. The lowest BCUT2D eigenvalue weighted by atomic mass is 10.1. The Labute approximate surface area is 153 Å². The first kappa shape index (κ1) is 19.5. The van der Waals surface area contributed by atoms with Gasteiger partial charge < -0.3 is 14.8 Å². The van der Waals surface area contributed by atoms with Crippen LogP contribution >= 0.6 is 0 Å². The maximum absolute atomic E-state index is 12.9. The molecule has 1 amide bonds. The Morgan fingerprint density at radius 1 is 1.08 bits per heavy atom. The van der Waals surface area contributed by atoms with Gasteiger partial charge in [-0.15, -0.1) is 0 Å². The topological polar surface area (TPSA) is 47.6 Å². The highest BCUT2D eigenvalue weighted by molar-refractivity contribution is 5.91. The molecule has 0 aromatic heterocycles. The molecular weight excluding hydrogens is 333 g/mol. The highest BCUT2D eigenvalue weighted by Crippen LogP contribution is 2.30. The van der Waals surface area contributed by atoms with Gasteiger partial charge in [0, 0.05) is 6.08 Å². The van der Waals surface area contributed by atoms with Crippen molar-refractivity contribution >= 4 is 12.0 Å². The van der Waals surface area contributed by atoms with E-state index < -0.39 is 0 Å². The highest BCUT2D eigenvalue weighted by atomic mass is 19.1. The standard InChI is InChI=1S/C21H24FNO3/c1-4-25-19-12-9-17(14-20(19)26-5-2)15(3)23-21(24)13-8-16-6-10-18(22)11-7-16/h6-15H,4-5H2,1-3H3,(H,23,24)/b13-8+. The maximum atomic E-state index is 12.9. The van der Waals surface area contributed by atoms with Crippen LogP contribution < -0.4 is 14.8 Å². The molecule has 0 aliphatic heterocycles. The van der Waals surface area contributed by atoms with Crippen LogP contribution in [0.15, 0.2) is 48.5 Å². The largest absolute Gasteiger partial charge is 0.490 e. The molecule has 0 aliphatic carbocycles. The Bertz CT molecular complexity index is 756. The van der Waals surface area contributed by atoms with Crippen molar-refractivity contribution in [1.82, 2.24) is 5.32 Å². The van der Waals surface area contributed by atoms with E-state index in [0.717, 1.165) is 11.1 Å². The van der Waals surface area contributed by atoms with Gasteiger partial charge in [0.15, 0.2) is 11.5 Å². The van der Waals surface area contributed by atoms with Gasteiger partial charge in [-0.1, -0.05) is 18.2 Å². The number of hydrogen-bond donors (Lipinski definition) is 1. The molecule has 1 N–H and O–H groups in total. The van der Waals surface area contributed by atoms with E-state index in [0.29, 0.717) is 24.7 Å². The van der Waals surface area contributed by atoms with Crippen molar-refractivity contribution in [3.05, 3.63) is 65.5 Å². The van der Waals surface area contributed by atoms with Crippen LogP contribution in [0.5, 0.6) is 11.5 Å². The Hall–Kier alpha value is -2.82. The number of ether oxygens (including phenoxy) is 2. The van der Waals surface area contributed by atoms with Gasteiger partial charge >= 0.3 is 0 Å². The smallest absolute Gasteiger partial charge is 0.244 e. The second-order valence-electron chi connectivity index (χ2n) is 5.69. The van der Waals surface area contributed by atoms with Gasteiger partial charge in [0.1, 0.15) is 5.82 Å². The summed E-state index contributed by atoms with van der Waals surface area (Å²) < 4.78 is 24.1. The first-order valence-electron chi connectivity index (χ1n) is 8.67. The molecule has 0 spiro atoms. The third kappa shape index (κ3) is 5.62. The van der Waals surface area contributed by atoms with Gasteiger partial charge in [-0.25, -0.2) is 4.39 Å². The Kier molecular flexibility index (Phi) is 7.21. The van der Waals surface area contributed by atoms with Crippen LogP contribution in [0.25, 0.3) is 6.08 Å². The third-order valence-electron chi connectivity index (χ3n) is 3.72. The molecule has 0 saturated heterocycles. The number of rotatable bonds is 8. The van der Waals surface area contributed by atoms with Gasteiger partial charge in [-0.2, -0.15) is 0 Å². The summed E-state index contributed by atoms with van der Waals surface area (Å²) in [7, 11) is 0. The lowest BCUT2D eigenvalue weighted by molar-refractivity contribution is -0.117. The zero-order valence-corrected chi connectivity index (χ0v) is 15.3. The zero-order chi connectivity index (χ0) is 18.9. The summed E-state index contributed by atoms with van der Waals surface area (Å²) in [4.78, 5) is 12.1. The fourth-order valence-corrected chi connectivity index (χ4v) is 2.43. The molecule has 0 saturated carbocycles. The Morgan fingerprint density at radius 3 is 2.38 bits per heavy atom. The summed E-state index contributed by atoms with van der Waals surface area (Å²) in [6.07, 6.45) is 3.08. The Morgan fingerprint density at radius 2 is 1.73 bits per heavy atom. The van der Waals surface area contributed by atoms with Crippen LogP contribution in [0.4, 0.5) is 4.39 Å². The number of halogens is 1. The predicted octanol–water partition coefficient (Wildman–Crippen LogP) is 4.51. The van der Waals surface area contributed by atoms with Crippen molar-refractivity contribution in [2.45, 2.75) is 26.8 Å². The number of nitrogens with one attached hydrogen (secondary N) is 1. The summed E-state index contributed by atoms with van der Waals surface area (Å²) in [6.45, 7) is 6.81. The molecule has 26 heavy (non-hydrogen) atoms. The molecule has 0 aliphatic rings. The first-order valence-corrected chi connectivity index (χ1v) is 8.67. The van der Waals surface area contributed by atoms with E-state index in [1.165, 1.54) is 18.2 Å².